The number of ether oxygens (including phenoxy) is 2. The molecule has 0 saturated heterocycles. The number of carbonyl (C=O) groups is 1. The maximum Gasteiger partial charge on any atom is 0.259 e. The van der Waals surface area contributed by atoms with Crippen LogP contribution in [0.25, 0.3) is 10.8 Å². The van der Waals surface area contributed by atoms with E-state index in [0.717, 1.165) is 16.5 Å². The number of carbonyl (C=O) groups excluding carboxylic acids is 1. The molecule has 0 spiro atoms. The largest absolute Gasteiger partial charge is 0.502 e. The Morgan fingerprint density at radius 3 is 2.39 bits per heavy atom. The summed E-state index contributed by atoms with van der Waals surface area (Å²) in [5.41, 5.74) is 3.91. The van der Waals surface area contributed by atoms with Gasteiger partial charge in [0, 0.05) is 11.3 Å². The molecule has 7 heteroatoms. The van der Waals surface area contributed by atoms with Crippen molar-refractivity contribution in [3.8, 4) is 17.2 Å². The van der Waals surface area contributed by atoms with E-state index in [4.69, 9.17) is 9.47 Å². The fourth-order valence-electron chi connectivity index (χ4n) is 2.69. The van der Waals surface area contributed by atoms with E-state index in [1.54, 1.807) is 12.1 Å². The van der Waals surface area contributed by atoms with Gasteiger partial charge in [0.05, 0.1) is 27.0 Å². The number of hydrazone groups is 1. The number of benzene rings is 3. The van der Waals surface area contributed by atoms with Crippen molar-refractivity contribution >= 4 is 28.6 Å². The highest BCUT2D eigenvalue weighted by molar-refractivity contribution is 5.88. The van der Waals surface area contributed by atoms with Gasteiger partial charge in [0.2, 0.25) is 5.75 Å². The highest BCUT2D eigenvalue weighted by Gasteiger charge is 2.10. The molecule has 0 bridgehead atoms. The van der Waals surface area contributed by atoms with Crippen molar-refractivity contribution in [2.45, 2.75) is 0 Å². The Bertz CT molecular complexity index is 992. The Morgan fingerprint density at radius 2 is 1.71 bits per heavy atom. The third kappa shape index (κ3) is 4.50. The zero-order valence-corrected chi connectivity index (χ0v) is 15.6. The summed E-state index contributed by atoms with van der Waals surface area (Å²) in [4.78, 5) is 12.0. The van der Waals surface area contributed by atoms with Crippen LogP contribution in [0.3, 0.4) is 0 Å². The second kappa shape index (κ2) is 8.77. The molecule has 0 unspecified atom stereocenters. The third-order valence-corrected chi connectivity index (χ3v) is 4.11. The van der Waals surface area contributed by atoms with Gasteiger partial charge in [-0.15, -0.1) is 0 Å². The van der Waals surface area contributed by atoms with E-state index in [0.29, 0.717) is 5.56 Å². The quantitative estimate of drug-likeness (QED) is 0.433. The number of rotatable bonds is 7. The first-order valence-electron chi connectivity index (χ1n) is 8.60. The molecule has 0 aliphatic heterocycles. The van der Waals surface area contributed by atoms with Crippen molar-refractivity contribution in [1.29, 1.82) is 0 Å². The molecule has 3 N–H and O–H groups in total. The third-order valence-electron chi connectivity index (χ3n) is 4.11. The standard InChI is InChI=1S/C21H21N3O4/c1-27-18-9-14(10-19(28-2)21(18)26)12-23-24-20(25)13-22-17-8-7-15-5-3-4-6-16(15)11-17/h3-12,22,26H,13H2,1-2H3,(H,24,25). The molecule has 0 aliphatic carbocycles. The Morgan fingerprint density at radius 1 is 1.04 bits per heavy atom. The summed E-state index contributed by atoms with van der Waals surface area (Å²) in [7, 11) is 2.88. The van der Waals surface area contributed by atoms with E-state index in [2.05, 4.69) is 15.8 Å². The molecule has 0 radical (unpaired) electrons. The summed E-state index contributed by atoms with van der Waals surface area (Å²) >= 11 is 0. The average molecular weight is 379 g/mol. The molecule has 3 aromatic rings. The molecule has 0 saturated carbocycles. The predicted octanol–water partition coefficient (Wildman–Crippen LogP) is 3.12. The van der Waals surface area contributed by atoms with Gasteiger partial charge in [-0.2, -0.15) is 5.10 Å². The van der Waals surface area contributed by atoms with Gasteiger partial charge in [-0.25, -0.2) is 5.43 Å². The molecule has 28 heavy (non-hydrogen) atoms. The van der Waals surface area contributed by atoms with Gasteiger partial charge in [0.1, 0.15) is 0 Å². The van der Waals surface area contributed by atoms with Gasteiger partial charge >= 0.3 is 0 Å². The fourth-order valence-corrected chi connectivity index (χ4v) is 2.69. The second-order valence-electron chi connectivity index (χ2n) is 5.98. The van der Waals surface area contributed by atoms with Gasteiger partial charge in [-0.05, 0) is 35.0 Å². The Kier molecular flexibility index (Phi) is 5.96. The number of nitrogens with zero attached hydrogens (tertiary/aromatic N) is 1. The van der Waals surface area contributed by atoms with Crippen molar-refractivity contribution in [2.75, 3.05) is 26.1 Å². The number of aromatic hydroxyl groups is 1. The first-order chi connectivity index (χ1) is 13.6. The number of hydrogen-bond acceptors (Lipinski definition) is 6. The van der Waals surface area contributed by atoms with Crippen LogP contribution in [0.4, 0.5) is 5.69 Å². The van der Waals surface area contributed by atoms with Crippen LogP contribution < -0.4 is 20.2 Å². The molecule has 3 aromatic carbocycles. The highest BCUT2D eigenvalue weighted by Crippen LogP contribution is 2.36. The molecule has 0 atom stereocenters. The number of fused-ring (bicyclic) bond motifs is 1. The lowest BCUT2D eigenvalue weighted by molar-refractivity contribution is -0.119. The smallest absolute Gasteiger partial charge is 0.259 e. The van der Waals surface area contributed by atoms with E-state index >= 15 is 0 Å². The number of phenols is 1. The average Bonchev–Trinajstić information content (AvgIpc) is 2.73. The summed E-state index contributed by atoms with van der Waals surface area (Å²) in [6.07, 6.45) is 1.44. The molecule has 3 rings (SSSR count). The summed E-state index contributed by atoms with van der Waals surface area (Å²) in [6.45, 7) is 0.0813. The van der Waals surface area contributed by atoms with Crippen LogP contribution in [-0.4, -0.2) is 38.0 Å². The van der Waals surface area contributed by atoms with Crippen LogP contribution in [0, 0.1) is 0 Å². The molecule has 0 heterocycles. The van der Waals surface area contributed by atoms with Crippen molar-refractivity contribution in [2.24, 2.45) is 5.10 Å². The number of methoxy groups -OCH3 is 2. The van der Waals surface area contributed by atoms with E-state index in [1.165, 1.54) is 20.4 Å². The molecule has 0 fully saturated rings. The molecule has 0 aromatic heterocycles. The topological polar surface area (TPSA) is 92.2 Å². The first kappa shape index (κ1) is 19.0. The maximum atomic E-state index is 12.0. The lowest BCUT2D eigenvalue weighted by Crippen LogP contribution is -2.25. The minimum Gasteiger partial charge on any atom is -0.502 e. The van der Waals surface area contributed by atoms with E-state index < -0.39 is 0 Å². The molecular formula is C21H21N3O4. The van der Waals surface area contributed by atoms with E-state index in [9.17, 15) is 9.90 Å². The van der Waals surface area contributed by atoms with Gasteiger partial charge in [-0.1, -0.05) is 30.3 Å². The molecular weight excluding hydrogens is 358 g/mol. The van der Waals surface area contributed by atoms with Gasteiger partial charge in [-0.3, -0.25) is 4.79 Å². The zero-order chi connectivity index (χ0) is 19.9. The van der Waals surface area contributed by atoms with Crippen LogP contribution >= 0.6 is 0 Å². The van der Waals surface area contributed by atoms with Gasteiger partial charge in [0.15, 0.2) is 11.5 Å². The van der Waals surface area contributed by atoms with Crippen molar-refractivity contribution < 1.29 is 19.4 Å². The zero-order valence-electron chi connectivity index (χ0n) is 15.6. The van der Waals surface area contributed by atoms with Crippen LogP contribution in [0.1, 0.15) is 5.56 Å². The summed E-state index contributed by atoms with van der Waals surface area (Å²) in [5, 5.41) is 19.1. The van der Waals surface area contributed by atoms with Gasteiger partial charge in [0.25, 0.3) is 5.91 Å². The Labute approximate surface area is 162 Å². The van der Waals surface area contributed by atoms with E-state index in [-0.39, 0.29) is 29.7 Å². The number of anilines is 1. The minimum absolute atomic E-state index is 0.0813. The molecule has 7 nitrogen and oxygen atoms in total. The van der Waals surface area contributed by atoms with Crippen LogP contribution in [0.5, 0.6) is 17.2 Å². The van der Waals surface area contributed by atoms with Crippen molar-refractivity contribution in [3.63, 3.8) is 0 Å². The van der Waals surface area contributed by atoms with Crippen LogP contribution in [0.15, 0.2) is 59.7 Å². The first-order valence-corrected chi connectivity index (χ1v) is 8.60. The number of hydrogen-bond donors (Lipinski definition) is 3. The predicted molar refractivity (Wildman–Crippen MR) is 109 cm³/mol. The number of nitrogens with one attached hydrogen (secondary N) is 2. The Balaban J connectivity index is 1.57. The van der Waals surface area contributed by atoms with E-state index in [1.807, 2.05) is 42.5 Å². The molecule has 144 valence electrons. The summed E-state index contributed by atoms with van der Waals surface area (Å²) in [5.74, 6) is 0.128. The van der Waals surface area contributed by atoms with Crippen LogP contribution in [-0.2, 0) is 4.79 Å². The minimum atomic E-state index is -0.290. The number of phenolic OH excluding ortho intramolecular Hbond substituents is 1. The second-order valence-corrected chi connectivity index (χ2v) is 5.98. The SMILES string of the molecule is COc1cc(C=NNC(=O)CNc2ccc3ccccc3c2)cc(OC)c1O. The maximum absolute atomic E-state index is 12.0. The van der Waals surface area contributed by atoms with Crippen molar-refractivity contribution in [3.05, 3.63) is 60.2 Å². The van der Waals surface area contributed by atoms with Gasteiger partial charge < -0.3 is 19.9 Å². The molecule has 1 amide bonds. The normalized spacial score (nSPS) is 10.8. The monoisotopic (exact) mass is 379 g/mol. The van der Waals surface area contributed by atoms with Crippen LogP contribution in [0.2, 0.25) is 0 Å². The summed E-state index contributed by atoms with van der Waals surface area (Å²) in [6, 6.07) is 17.1. The highest BCUT2D eigenvalue weighted by atomic mass is 16.5. The molecule has 0 aliphatic rings. The lowest BCUT2D eigenvalue weighted by Gasteiger charge is -2.09. The lowest BCUT2D eigenvalue weighted by atomic mass is 10.1. The summed E-state index contributed by atoms with van der Waals surface area (Å²) < 4.78 is 10.2. The number of amides is 1. The Hall–Kier alpha value is -3.74. The fraction of sp³-hybridized carbons (Fsp3) is 0.143. The van der Waals surface area contributed by atoms with Crippen molar-refractivity contribution in [1.82, 2.24) is 5.43 Å².